The second kappa shape index (κ2) is 16.6. The molecule has 1 aromatic rings. The van der Waals surface area contributed by atoms with Crippen molar-refractivity contribution in [1.82, 2.24) is 10.6 Å². The van der Waals surface area contributed by atoms with Crippen molar-refractivity contribution in [2.24, 2.45) is 10.8 Å². The molecule has 2 unspecified atom stereocenters. The van der Waals surface area contributed by atoms with Crippen LogP contribution in [0.5, 0.6) is 5.75 Å². The summed E-state index contributed by atoms with van der Waals surface area (Å²) in [6, 6.07) is 6.66. The average molecular weight is 563 g/mol. The molecular formula is C32H54N2O2S2. The van der Waals surface area contributed by atoms with Crippen LogP contribution in [-0.4, -0.2) is 28.0 Å². The van der Waals surface area contributed by atoms with Gasteiger partial charge in [0.2, 0.25) is 0 Å². The Labute approximate surface area is 244 Å². The Bertz CT molecular complexity index is 873. The number of hydrogen-bond donors (Lipinski definition) is 3. The first kappa shape index (κ1) is 32.8. The van der Waals surface area contributed by atoms with Crippen LogP contribution in [0, 0.1) is 10.8 Å². The van der Waals surface area contributed by atoms with Crippen LogP contribution in [0.4, 0.5) is 0 Å². The summed E-state index contributed by atoms with van der Waals surface area (Å²) in [5.74, 6) is 0.920. The number of ether oxygens (including phenoxy) is 1. The first-order valence-electron chi connectivity index (χ1n) is 15.1. The standard InChI is InChI=1S/C32H54N2O2S2/c1-6-8-10-12-14-17-25-18-16-20-28(27(25)19-15-13-11-9-7-2)36-30(38)33-24-32(5)22-26(34-29(35)37)21-31(3,4)23-32/h16,18,20,26H,6-15,17,19,21-24H2,1-5H3,(H,33,38)(H2,34,35,37). The maximum Gasteiger partial charge on any atom is 0.262 e. The van der Waals surface area contributed by atoms with E-state index in [2.05, 4.69) is 63.5 Å². The van der Waals surface area contributed by atoms with E-state index in [0.717, 1.165) is 44.4 Å². The molecule has 216 valence electrons. The second-order valence-electron chi connectivity index (χ2n) is 12.7. The molecule has 6 heteroatoms. The second-order valence-corrected chi connectivity index (χ2v) is 13.4. The molecule has 1 aliphatic carbocycles. The normalized spacial score (nSPS) is 20.6. The van der Waals surface area contributed by atoms with Crippen molar-refractivity contribution in [3.63, 3.8) is 0 Å². The van der Waals surface area contributed by atoms with Crippen molar-refractivity contribution in [3.8, 4) is 5.75 Å². The summed E-state index contributed by atoms with van der Waals surface area (Å²) in [4.78, 5) is 0. The monoisotopic (exact) mass is 562 g/mol. The summed E-state index contributed by atoms with van der Waals surface area (Å²) in [7, 11) is 0. The molecule has 0 bridgehead atoms. The molecule has 0 amide bonds. The van der Waals surface area contributed by atoms with Gasteiger partial charge in [-0.2, -0.15) is 0 Å². The lowest BCUT2D eigenvalue weighted by Crippen LogP contribution is -2.50. The zero-order chi connectivity index (χ0) is 28.0. The molecule has 1 saturated carbocycles. The largest absolute Gasteiger partial charge is 0.487 e. The molecule has 38 heavy (non-hydrogen) atoms. The average Bonchev–Trinajstić information content (AvgIpc) is 2.82. The summed E-state index contributed by atoms with van der Waals surface area (Å²) in [6.45, 7) is 12.1. The summed E-state index contributed by atoms with van der Waals surface area (Å²) in [6.07, 6.45) is 17.9. The number of aryl methyl sites for hydroxylation is 1. The van der Waals surface area contributed by atoms with Gasteiger partial charge in [-0.1, -0.05) is 98.1 Å². The van der Waals surface area contributed by atoms with E-state index in [0.29, 0.717) is 5.17 Å². The number of unbranched alkanes of at least 4 members (excludes halogenated alkanes) is 8. The number of aliphatic hydroxyl groups is 1. The molecule has 1 fully saturated rings. The van der Waals surface area contributed by atoms with E-state index in [1.165, 1.54) is 75.3 Å². The topological polar surface area (TPSA) is 53.5 Å². The van der Waals surface area contributed by atoms with Gasteiger partial charge in [0.15, 0.2) is 0 Å². The molecule has 3 N–H and O–H groups in total. The number of hydrogen-bond acceptors (Lipinski definition) is 3. The highest BCUT2D eigenvalue weighted by Crippen LogP contribution is 2.45. The molecule has 0 radical (unpaired) electrons. The van der Waals surface area contributed by atoms with Gasteiger partial charge in [-0.15, -0.1) is 0 Å². The number of aliphatic hydroxyl groups excluding tert-OH is 1. The van der Waals surface area contributed by atoms with E-state index >= 15 is 0 Å². The van der Waals surface area contributed by atoms with Gasteiger partial charge in [0.1, 0.15) is 5.75 Å². The van der Waals surface area contributed by atoms with Gasteiger partial charge < -0.3 is 20.5 Å². The van der Waals surface area contributed by atoms with E-state index in [1.54, 1.807) is 0 Å². The van der Waals surface area contributed by atoms with Crippen molar-refractivity contribution >= 4 is 34.8 Å². The van der Waals surface area contributed by atoms with Crippen LogP contribution in [0.3, 0.4) is 0 Å². The summed E-state index contributed by atoms with van der Waals surface area (Å²) in [5.41, 5.74) is 2.93. The van der Waals surface area contributed by atoms with E-state index in [4.69, 9.17) is 29.2 Å². The van der Waals surface area contributed by atoms with Gasteiger partial charge >= 0.3 is 0 Å². The highest BCUT2D eigenvalue weighted by molar-refractivity contribution is 7.80. The molecule has 0 saturated heterocycles. The van der Waals surface area contributed by atoms with Crippen LogP contribution in [0.25, 0.3) is 0 Å². The third-order valence-corrected chi connectivity index (χ3v) is 8.29. The SMILES string of the molecule is CCCCCCCc1cccc(OC(=S)NCC2(C)CC(NC(O)=S)CC(C)(C)C2)c1CCCCCCC. The van der Waals surface area contributed by atoms with Crippen LogP contribution in [0.1, 0.15) is 129 Å². The van der Waals surface area contributed by atoms with Crippen molar-refractivity contribution in [2.45, 2.75) is 137 Å². The van der Waals surface area contributed by atoms with E-state index in [1.807, 2.05) is 0 Å². The van der Waals surface area contributed by atoms with Gasteiger partial charge in [-0.3, -0.25) is 0 Å². The van der Waals surface area contributed by atoms with Crippen molar-refractivity contribution in [3.05, 3.63) is 29.3 Å². The minimum absolute atomic E-state index is 0.0140. The van der Waals surface area contributed by atoms with Gasteiger partial charge in [0.25, 0.3) is 10.3 Å². The van der Waals surface area contributed by atoms with Gasteiger partial charge in [0.05, 0.1) is 0 Å². The molecule has 2 rings (SSSR count). The third kappa shape index (κ3) is 12.2. The quantitative estimate of drug-likeness (QED) is 0.138. The van der Waals surface area contributed by atoms with E-state index in [-0.39, 0.29) is 22.0 Å². The van der Waals surface area contributed by atoms with Crippen LogP contribution < -0.4 is 15.4 Å². The predicted octanol–water partition coefficient (Wildman–Crippen LogP) is 8.98. The Kier molecular flexibility index (Phi) is 14.4. The Morgan fingerprint density at radius 2 is 1.55 bits per heavy atom. The van der Waals surface area contributed by atoms with Gasteiger partial charge in [0, 0.05) is 12.6 Å². The highest BCUT2D eigenvalue weighted by Gasteiger charge is 2.41. The fourth-order valence-electron chi connectivity index (χ4n) is 6.52. The molecular weight excluding hydrogens is 508 g/mol. The first-order chi connectivity index (χ1) is 18.1. The van der Waals surface area contributed by atoms with Crippen molar-refractivity contribution in [2.75, 3.05) is 6.54 Å². The van der Waals surface area contributed by atoms with Crippen LogP contribution in [0.15, 0.2) is 18.2 Å². The van der Waals surface area contributed by atoms with Crippen molar-refractivity contribution in [1.29, 1.82) is 0 Å². The van der Waals surface area contributed by atoms with Crippen molar-refractivity contribution < 1.29 is 9.84 Å². The fraction of sp³-hybridized carbons (Fsp3) is 0.750. The summed E-state index contributed by atoms with van der Waals surface area (Å²) < 4.78 is 6.33. The Morgan fingerprint density at radius 3 is 2.18 bits per heavy atom. The fourth-order valence-corrected chi connectivity index (χ4v) is 6.84. The lowest BCUT2D eigenvalue weighted by atomic mass is 9.62. The van der Waals surface area contributed by atoms with Gasteiger partial charge in [-0.05, 0) is 97.4 Å². The lowest BCUT2D eigenvalue weighted by molar-refractivity contribution is 0.0785. The minimum atomic E-state index is -0.116. The maximum atomic E-state index is 9.64. The zero-order valence-electron chi connectivity index (χ0n) is 24.8. The summed E-state index contributed by atoms with van der Waals surface area (Å²) >= 11 is 10.6. The first-order valence-corrected chi connectivity index (χ1v) is 15.9. The van der Waals surface area contributed by atoms with Crippen LogP contribution in [-0.2, 0) is 12.8 Å². The number of rotatable bonds is 16. The number of benzene rings is 1. The molecule has 0 heterocycles. The lowest BCUT2D eigenvalue weighted by Gasteiger charge is -2.47. The smallest absolute Gasteiger partial charge is 0.262 e. The number of nitrogens with one attached hydrogen (secondary N) is 2. The summed E-state index contributed by atoms with van der Waals surface area (Å²) in [5, 5.41) is 16.5. The molecule has 1 aromatic carbocycles. The molecule has 1 aliphatic rings. The van der Waals surface area contributed by atoms with E-state index < -0.39 is 0 Å². The predicted molar refractivity (Wildman–Crippen MR) is 170 cm³/mol. The minimum Gasteiger partial charge on any atom is -0.487 e. The zero-order valence-corrected chi connectivity index (χ0v) is 26.4. The van der Waals surface area contributed by atoms with Gasteiger partial charge in [-0.25, -0.2) is 0 Å². The van der Waals surface area contributed by atoms with E-state index in [9.17, 15) is 5.11 Å². The molecule has 4 nitrogen and oxygen atoms in total. The third-order valence-electron chi connectivity index (χ3n) is 7.94. The Morgan fingerprint density at radius 1 is 0.921 bits per heavy atom. The highest BCUT2D eigenvalue weighted by atomic mass is 32.1. The molecule has 0 aliphatic heterocycles. The molecule has 0 aromatic heterocycles. The molecule has 2 atom stereocenters. The Hall–Kier alpha value is -1.40. The molecule has 0 spiro atoms. The Balaban J connectivity index is 2.04. The number of thiocarbonyl (C=S) groups is 2. The van der Waals surface area contributed by atoms with Crippen LogP contribution >= 0.6 is 24.4 Å². The maximum absolute atomic E-state index is 9.64. The van der Waals surface area contributed by atoms with Crippen LogP contribution in [0.2, 0.25) is 0 Å².